The van der Waals surface area contributed by atoms with Crippen molar-refractivity contribution in [3.8, 4) is 5.69 Å². The van der Waals surface area contributed by atoms with E-state index in [1.807, 2.05) is 25.7 Å². The second-order valence-corrected chi connectivity index (χ2v) is 8.54. The van der Waals surface area contributed by atoms with E-state index in [9.17, 15) is 14.0 Å². The minimum absolute atomic E-state index is 0.0205. The van der Waals surface area contributed by atoms with Crippen molar-refractivity contribution in [3.63, 3.8) is 0 Å². The van der Waals surface area contributed by atoms with Crippen LogP contribution in [-0.2, 0) is 4.79 Å². The van der Waals surface area contributed by atoms with Crippen LogP contribution in [0.1, 0.15) is 31.3 Å². The molecule has 3 rings (SSSR count). The average molecular weight is 420 g/mol. The predicted molar refractivity (Wildman–Crippen MR) is 111 cm³/mol. The molecule has 1 saturated heterocycles. The van der Waals surface area contributed by atoms with E-state index < -0.39 is 0 Å². The van der Waals surface area contributed by atoms with Gasteiger partial charge in [0.1, 0.15) is 11.5 Å². The maximum atomic E-state index is 13.2. The van der Waals surface area contributed by atoms with Crippen molar-refractivity contribution in [3.05, 3.63) is 46.7 Å². The number of aromatic amines is 1. The number of imidazole rings is 1. The van der Waals surface area contributed by atoms with Crippen LogP contribution in [0.15, 0.2) is 30.5 Å². The molecule has 9 heteroatoms. The molecule has 0 unspecified atom stereocenters. The van der Waals surface area contributed by atoms with Gasteiger partial charge in [0.05, 0.1) is 6.54 Å². The van der Waals surface area contributed by atoms with E-state index in [1.54, 1.807) is 27.8 Å². The topological polar surface area (TPSA) is 73.4 Å². The standard InChI is InChI=1S/C20H26FN5O2S/c1-20(2,3)23-17(27)13-24-8-10-25(11-9-24)18(28)16-12-22-19(29)26(16)15-6-4-14(21)5-7-15/h4-7,12H,8-11,13H2,1-3H3,(H,22,29)(H,23,27). The first-order valence-electron chi connectivity index (χ1n) is 9.53. The zero-order valence-corrected chi connectivity index (χ0v) is 17.7. The Bertz CT molecular complexity index is 937. The first-order chi connectivity index (χ1) is 13.6. The van der Waals surface area contributed by atoms with Crippen molar-refractivity contribution in [2.75, 3.05) is 32.7 Å². The third-order valence-electron chi connectivity index (χ3n) is 4.62. The van der Waals surface area contributed by atoms with Gasteiger partial charge in [-0.25, -0.2) is 4.39 Å². The average Bonchev–Trinajstić information content (AvgIpc) is 3.02. The van der Waals surface area contributed by atoms with Crippen LogP contribution in [0.3, 0.4) is 0 Å². The van der Waals surface area contributed by atoms with E-state index in [4.69, 9.17) is 12.2 Å². The molecule has 0 atom stereocenters. The number of hydrogen-bond donors (Lipinski definition) is 2. The lowest BCUT2D eigenvalue weighted by Gasteiger charge is -2.35. The summed E-state index contributed by atoms with van der Waals surface area (Å²) in [6.45, 7) is 8.42. The monoisotopic (exact) mass is 419 g/mol. The quantitative estimate of drug-likeness (QED) is 0.747. The highest BCUT2D eigenvalue weighted by Crippen LogP contribution is 2.16. The van der Waals surface area contributed by atoms with Gasteiger partial charge in [0, 0.05) is 43.6 Å². The van der Waals surface area contributed by atoms with E-state index in [1.165, 1.54) is 12.1 Å². The van der Waals surface area contributed by atoms with Crippen LogP contribution in [0.25, 0.3) is 5.69 Å². The number of aromatic nitrogens is 2. The summed E-state index contributed by atoms with van der Waals surface area (Å²) in [5.41, 5.74) is 0.762. The van der Waals surface area contributed by atoms with Crippen molar-refractivity contribution >= 4 is 24.0 Å². The third-order valence-corrected chi connectivity index (χ3v) is 4.92. The minimum atomic E-state index is -0.352. The molecule has 2 aromatic rings. The summed E-state index contributed by atoms with van der Waals surface area (Å²) in [6.07, 6.45) is 1.58. The molecular weight excluding hydrogens is 393 g/mol. The first kappa shape index (κ1) is 21.2. The van der Waals surface area contributed by atoms with Crippen LogP contribution in [0.4, 0.5) is 4.39 Å². The summed E-state index contributed by atoms with van der Waals surface area (Å²) in [5.74, 6) is -0.524. The third kappa shape index (κ3) is 5.30. The number of rotatable bonds is 4. The molecule has 2 amide bonds. The van der Waals surface area contributed by atoms with E-state index >= 15 is 0 Å². The Balaban J connectivity index is 1.65. The van der Waals surface area contributed by atoms with Crippen molar-refractivity contribution in [2.45, 2.75) is 26.3 Å². The minimum Gasteiger partial charge on any atom is -0.350 e. The molecule has 1 aromatic carbocycles. The Hall–Kier alpha value is -2.52. The summed E-state index contributed by atoms with van der Waals surface area (Å²) >= 11 is 5.31. The van der Waals surface area contributed by atoms with Gasteiger partial charge in [-0.05, 0) is 57.3 Å². The molecule has 0 aliphatic carbocycles. The van der Waals surface area contributed by atoms with Gasteiger partial charge in [-0.1, -0.05) is 0 Å². The van der Waals surface area contributed by atoms with Crippen molar-refractivity contribution in [1.29, 1.82) is 0 Å². The molecule has 1 fully saturated rings. The molecule has 7 nitrogen and oxygen atoms in total. The van der Waals surface area contributed by atoms with E-state index in [0.717, 1.165) is 0 Å². The lowest BCUT2D eigenvalue weighted by Crippen LogP contribution is -2.53. The van der Waals surface area contributed by atoms with Crippen LogP contribution in [0, 0.1) is 10.6 Å². The number of benzene rings is 1. The highest BCUT2D eigenvalue weighted by molar-refractivity contribution is 7.71. The molecule has 0 bridgehead atoms. The van der Waals surface area contributed by atoms with Crippen molar-refractivity contribution < 1.29 is 14.0 Å². The Labute approximate surface area is 174 Å². The van der Waals surface area contributed by atoms with Gasteiger partial charge in [0.2, 0.25) is 5.91 Å². The Morgan fingerprint density at radius 2 is 1.76 bits per heavy atom. The molecule has 1 aliphatic rings. The maximum absolute atomic E-state index is 13.2. The van der Waals surface area contributed by atoms with Gasteiger partial charge in [0.25, 0.3) is 5.91 Å². The summed E-state index contributed by atoms with van der Waals surface area (Å²) in [7, 11) is 0. The predicted octanol–water partition coefficient (Wildman–Crippen LogP) is 2.35. The summed E-state index contributed by atoms with van der Waals surface area (Å²) in [6, 6.07) is 5.84. The number of hydrogen-bond acceptors (Lipinski definition) is 4. The van der Waals surface area contributed by atoms with Crippen molar-refractivity contribution in [2.24, 2.45) is 0 Å². The van der Waals surface area contributed by atoms with Crippen LogP contribution in [0.2, 0.25) is 0 Å². The molecule has 0 radical (unpaired) electrons. The van der Waals surface area contributed by atoms with Gasteiger partial charge in [-0.3, -0.25) is 19.1 Å². The smallest absolute Gasteiger partial charge is 0.272 e. The lowest BCUT2D eigenvalue weighted by atomic mass is 10.1. The molecule has 156 valence electrons. The highest BCUT2D eigenvalue weighted by atomic mass is 32.1. The van der Waals surface area contributed by atoms with Gasteiger partial charge in [-0.2, -0.15) is 0 Å². The first-order valence-corrected chi connectivity index (χ1v) is 9.94. The SMILES string of the molecule is CC(C)(C)NC(=O)CN1CCN(C(=O)c2c[nH]c(=S)n2-c2ccc(F)cc2)CC1. The lowest BCUT2D eigenvalue weighted by molar-refractivity contribution is -0.124. The van der Waals surface area contributed by atoms with Crippen molar-refractivity contribution in [1.82, 2.24) is 24.7 Å². The Morgan fingerprint density at radius 1 is 1.14 bits per heavy atom. The number of piperazine rings is 1. The molecular formula is C20H26FN5O2S. The zero-order valence-electron chi connectivity index (χ0n) is 16.9. The molecule has 29 heavy (non-hydrogen) atoms. The molecule has 2 N–H and O–H groups in total. The van der Waals surface area contributed by atoms with Gasteiger partial charge >= 0.3 is 0 Å². The second kappa shape index (κ2) is 8.46. The number of H-pyrrole nitrogens is 1. The number of nitrogens with zero attached hydrogens (tertiary/aromatic N) is 3. The number of carbonyl (C=O) groups is 2. The van der Waals surface area contributed by atoms with Gasteiger partial charge in [-0.15, -0.1) is 0 Å². The zero-order chi connectivity index (χ0) is 21.2. The van der Waals surface area contributed by atoms with Crippen LogP contribution in [-0.4, -0.2) is 69.4 Å². The number of nitrogens with one attached hydrogen (secondary N) is 2. The van der Waals surface area contributed by atoms with E-state index in [2.05, 4.69) is 10.3 Å². The molecule has 0 saturated carbocycles. The fraction of sp³-hybridized carbons (Fsp3) is 0.450. The van der Waals surface area contributed by atoms with E-state index in [-0.39, 0.29) is 23.2 Å². The maximum Gasteiger partial charge on any atom is 0.272 e. The molecule has 2 heterocycles. The summed E-state index contributed by atoms with van der Waals surface area (Å²) in [5, 5.41) is 2.95. The number of carbonyl (C=O) groups excluding carboxylic acids is 2. The normalized spacial score (nSPS) is 15.4. The summed E-state index contributed by atoms with van der Waals surface area (Å²) < 4.78 is 15.2. The van der Waals surface area contributed by atoms with E-state index in [0.29, 0.717) is 48.9 Å². The summed E-state index contributed by atoms with van der Waals surface area (Å²) in [4.78, 5) is 31.9. The Kier molecular flexibility index (Phi) is 6.18. The van der Waals surface area contributed by atoms with Crippen LogP contribution >= 0.6 is 12.2 Å². The Morgan fingerprint density at radius 3 is 2.34 bits per heavy atom. The molecule has 0 spiro atoms. The van der Waals surface area contributed by atoms with Gasteiger partial charge in [0.15, 0.2) is 4.77 Å². The highest BCUT2D eigenvalue weighted by Gasteiger charge is 2.26. The fourth-order valence-electron chi connectivity index (χ4n) is 3.30. The number of halogens is 1. The fourth-order valence-corrected chi connectivity index (χ4v) is 3.57. The van der Waals surface area contributed by atoms with Crippen LogP contribution < -0.4 is 5.32 Å². The number of amides is 2. The van der Waals surface area contributed by atoms with Crippen LogP contribution in [0.5, 0.6) is 0 Å². The second-order valence-electron chi connectivity index (χ2n) is 8.16. The largest absolute Gasteiger partial charge is 0.350 e. The van der Waals surface area contributed by atoms with Gasteiger partial charge < -0.3 is 15.2 Å². The molecule has 1 aromatic heterocycles. The molecule has 1 aliphatic heterocycles.